The van der Waals surface area contributed by atoms with Crippen molar-refractivity contribution in [3.8, 4) is 11.8 Å². The van der Waals surface area contributed by atoms with E-state index in [1.165, 1.54) is 4.90 Å². The van der Waals surface area contributed by atoms with Crippen LogP contribution in [0.15, 0.2) is 24.4 Å². The van der Waals surface area contributed by atoms with Gasteiger partial charge in [-0.3, -0.25) is 14.5 Å². The van der Waals surface area contributed by atoms with Gasteiger partial charge in [0.15, 0.2) is 6.29 Å². The Bertz CT molecular complexity index is 1220. The number of carbonyl (C=O) groups is 2. The SMILES string of the molecule is COCCNc1cc(NC(O)N(C)c2ccc(CN3CCN(C)CC3=O)c(C=O)n2)ncc1C#CC(C)(C)C. The van der Waals surface area contributed by atoms with E-state index in [2.05, 4.69) is 32.4 Å². The predicted octanol–water partition coefficient (Wildman–Crippen LogP) is 1.84. The Morgan fingerprint density at radius 2 is 2.08 bits per heavy atom. The number of ether oxygens (including phenoxy) is 1. The van der Waals surface area contributed by atoms with Gasteiger partial charge in [-0.25, -0.2) is 9.97 Å². The third-order valence-corrected chi connectivity index (χ3v) is 6.08. The van der Waals surface area contributed by atoms with Gasteiger partial charge in [-0.1, -0.05) is 17.9 Å². The number of amides is 1. The first-order valence-corrected chi connectivity index (χ1v) is 12.9. The minimum absolute atomic E-state index is 0.0143. The Kier molecular flexibility index (Phi) is 10.2. The molecule has 2 aromatic heterocycles. The highest BCUT2D eigenvalue weighted by atomic mass is 16.5. The molecule has 39 heavy (non-hydrogen) atoms. The fraction of sp³-hybridized carbons (Fsp3) is 0.500. The third-order valence-electron chi connectivity index (χ3n) is 6.08. The van der Waals surface area contributed by atoms with Crippen molar-refractivity contribution in [3.63, 3.8) is 0 Å². The van der Waals surface area contributed by atoms with Gasteiger partial charge in [0.2, 0.25) is 12.3 Å². The summed E-state index contributed by atoms with van der Waals surface area (Å²) < 4.78 is 5.14. The summed E-state index contributed by atoms with van der Waals surface area (Å²) >= 11 is 0. The van der Waals surface area contributed by atoms with Crippen LogP contribution in [0.1, 0.15) is 42.4 Å². The number of nitrogens with zero attached hydrogens (tertiary/aromatic N) is 5. The summed E-state index contributed by atoms with van der Waals surface area (Å²) in [4.78, 5) is 38.2. The second kappa shape index (κ2) is 13.4. The molecule has 1 saturated heterocycles. The number of aldehydes is 1. The zero-order valence-corrected chi connectivity index (χ0v) is 23.6. The maximum absolute atomic E-state index is 12.3. The molecule has 3 rings (SSSR count). The largest absolute Gasteiger partial charge is 0.383 e. The molecule has 210 valence electrons. The number of likely N-dealkylation sites (N-methyl/N-ethyl adjacent to an activating group) is 1. The second-order valence-corrected chi connectivity index (χ2v) is 10.5. The lowest BCUT2D eigenvalue weighted by atomic mass is 9.97. The molecule has 1 aliphatic heterocycles. The standard InChI is InChI=1S/C28H39N7O4/c1-28(2,3)10-9-20-16-30-24(15-22(20)29-11-14-39-6)32-27(38)34(5)25-8-7-21(23(19-36)31-25)17-35-13-12-33(4)18-26(35)37/h7-8,15-16,19,27,38H,11-14,17-18H2,1-6H3,(H2,29,30,32). The number of rotatable bonds is 11. The van der Waals surface area contributed by atoms with E-state index in [1.807, 2.05) is 32.7 Å². The van der Waals surface area contributed by atoms with Crippen molar-refractivity contribution in [2.45, 2.75) is 33.7 Å². The van der Waals surface area contributed by atoms with E-state index in [0.717, 1.165) is 17.8 Å². The van der Waals surface area contributed by atoms with E-state index >= 15 is 0 Å². The third kappa shape index (κ3) is 8.64. The molecule has 1 fully saturated rings. The summed E-state index contributed by atoms with van der Waals surface area (Å²) in [6.07, 6.45) is 1.14. The highest BCUT2D eigenvalue weighted by molar-refractivity contribution is 5.80. The summed E-state index contributed by atoms with van der Waals surface area (Å²) in [7, 11) is 5.19. The number of anilines is 3. The molecule has 0 aliphatic carbocycles. The lowest BCUT2D eigenvalue weighted by Crippen LogP contribution is -2.48. The molecule has 0 bridgehead atoms. The monoisotopic (exact) mass is 537 g/mol. The van der Waals surface area contributed by atoms with E-state index in [9.17, 15) is 14.7 Å². The molecular weight excluding hydrogens is 498 g/mol. The molecule has 1 amide bonds. The summed E-state index contributed by atoms with van der Waals surface area (Å²) in [6.45, 7) is 9.24. The topological polar surface area (TPSA) is 123 Å². The summed E-state index contributed by atoms with van der Waals surface area (Å²) in [5, 5.41) is 17.1. The van der Waals surface area contributed by atoms with Gasteiger partial charge in [0.25, 0.3) is 0 Å². The number of piperazine rings is 1. The highest BCUT2D eigenvalue weighted by Gasteiger charge is 2.23. The average molecular weight is 538 g/mol. The van der Waals surface area contributed by atoms with E-state index in [0.29, 0.717) is 56.3 Å². The molecule has 0 spiro atoms. The number of aliphatic hydroxyl groups is 1. The number of methoxy groups -OCH3 is 1. The predicted molar refractivity (Wildman–Crippen MR) is 152 cm³/mol. The summed E-state index contributed by atoms with van der Waals surface area (Å²) in [5.74, 6) is 7.22. The fourth-order valence-electron chi connectivity index (χ4n) is 3.80. The first-order valence-electron chi connectivity index (χ1n) is 12.9. The zero-order valence-electron chi connectivity index (χ0n) is 23.6. The van der Waals surface area contributed by atoms with Crippen molar-refractivity contribution >= 4 is 29.5 Å². The number of nitrogens with one attached hydrogen (secondary N) is 2. The highest BCUT2D eigenvalue weighted by Crippen LogP contribution is 2.22. The molecule has 11 nitrogen and oxygen atoms in total. The molecule has 1 atom stereocenters. The van der Waals surface area contributed by atoms with Gasteiger partial charge in [-0.2, -0.15) is 0 Å². The lowest BCUT2D eigenvalue weighted by molar-refractivity contribution is -0.136. The second-order valence-electron chi connectivity index (χ2n) is 10.5. The average Bonchev–Trinajstić information content (AvgIpc) is 2.89. The van der Waals surface area contributed by atoms with Crippen LogP contribution < -0.4 is 15.5 Å². The van der Waals surface area contributed by atoms with Crippen molar-refractivity contribution in [2.75, 3.05) is 69.5 Å². The molecule has 1 aliphatic rings. The van der Waals surface area contributed by atoms with E-state index in [1.54, 1.807) is 43.5 Å². The van der Waals surface area contributed by atoms with Crippen molar-refractivity contribution in [2.24, 2.45) is 5.41 Å². The maximum Gasteiger partial charge on any atom is 0.237 e. The Hall–Kier alpha value is -3.72. The van der Waals surface area contributed by atoms with Gasteiger partial charge >= 0.3 is 0 Å². The van der Waals surface area contributed by atoms with Crippen LogP contribution >= 0.6 is 0 Å². The molecule has 1 unspecified atom stereocenters. The molecule has 0 radical (unpaired) electrons. The lowest BCUT2D eigenvalue weighted by Gasteiger charge is -2.32. The number of hydrogen-bond acceptors (Lipinski definition) is 10. The van der Waals surface area contributed by atoms with Gasteiger partial charge in [-0.05, 0) is 33.9 Å². The number of carbonyl (C=O) groups excluding carboxylic acids is 2. The van der Waals surface area contributed by atoms with Crippen LogP contribution in [-0.4, -0.2) is 97.4 Å². The normalized spacial score (nSPS) is 14.8. The van der Waals surface area contributed by atoms with Gasteiger partial charge in [0, 0.05) is 63.6 Å². The van der Waals surface area contributed by atoms with Crippen LogP contribution in [0, 0.1) is 17.3 Å². The summed E-state index contributed by atoms with van der Waals surface area (Å²) in [5.41, 5.74) is 2.22. The molecule has 0 saturated carbocycles. The van der Waals surface area contributed by atoms with Crippen LogP contribution in [0.25, 0.3) is 0 Å². The number of aromatic nitrogens is 2. The Labute approximate surface area is 230 Å². The maximum atomic E-state index is 12.3. The van der Waals surface area contributed by atoms with Crippen LogP contribution in [0.2, 0.25) is 0 Å². The number of aliphatic hydroxyl groups excluding tert-OH is 1. The minimum Gasteiger partial charge on any atom is -0.383 e. The van der Waals surface area contributed by atoms with Gasteiger partial charge < -0.3 is 30.3 Å². The molecular formula is C28H39N7O4. The van der Waals surface area contributed by atoms with Gasteiger partial charge in [-0.15, -0.1) is 0 Å². The Balaban J connectivity index is 1.74. The van der Waals surface area contributed by atoms with Crippen molar-refractivity contribution in [1.82, 2.24) is 19.8 Å². The Morgan fingerprint density at radius 3 is 2.74 bits per heavy atom. The van der Waals surface area contributed by atoms with E-state index < -0.39 is 6.35 Å². The van der Waals surface area contributed by atoms with E-state index in [4.69, 9.17) is 4.74 Å². The minimum atomic E-state index is -1.19. The quantitative estimate of drug-likeness (QED) is 0.169. The van der Waals surface area contributed by atoms with Crippen molar-refractivity contribution < 1.29 is 19.4 Å². The molecule has 3 N–H and O–H groups in total. The molecule has 11 heteroatoms. The van der Waals surface area contributed by atoms with Crippen LogP contribution in [0.4, 0.5) is 17.3 Å². The first-order chi connectivity index (χ1) is 18.5. The molecule has 2 aromatic rings. The van der Waals surface area contributed by atoms with Crippen LogP contribution in [-0.2, 0) is 16.1 Å². The van der Waals surface area contributed by atoms with Crippen LogP contribution in [0.3, 0.4) is 0 Å². The molecule has 0 aromatic carbocycles. The smallest absolute Gasteiger partial charge is 0.237 e. The van der Waals surface area contributed by atoms with E-state index in [-0.39, 0.29) is 17.0 Å². The van der Waals surface area contributed by atoms with Gasteiger partial charge in [0.1, 0.15) is 17.3 Å². The van der Waals surface area contributed by atoms with Crippen molar-refractivity contribution in [3.05, 3.63) is 41.2 Å². The first kappa shape index (κ1) is 29.8. The fourth-order valence-corrected chi connectivity index (χ4v) is 3.80. The zero-order chi connectivity index (χ0) is 28.6. The van der Waals surface area contributed by atoms with Crippen molar-refractivity contribution in [1.29, 1.82) is 0 Å². The summed E-state index contributed by atoms with van der Waals surface area (Å²) in [6, 6.07) is 5.25. The molecule has 3 heterocycles. The number of hydrogen-bond donors (Lipinski definition) is 3. The Morgan fingerprint density at radius 1 is 1.31 bits per heavy atom. The van der Waals surface area contributed by atoms with Crippen LogP contribution in [0.5, 0.6) is 0 Å². The number of pyridine rings is 2. The van der Waals surface area contributed by atoms with Gasteiger partial charge in [0.05, 0.1) is 24.4 Å².